The van der Waals surface area contributed by atoms with E-state index in [0.29, 0.717) is 17.0 Å². The summed E-state index contributed by atoms with van der Waals surface area (Å²) in [5, 5.41) is 3.89. The third-order valence-electron chi connectivity index (χ3n) is 2.95. The normalized spacial score (nSPS) is 10.8. The van der Waals surface area contributed by atoms with Gasteiger partial charge in [-0.05, 0) is 48.4 Å². The minimum Gasteiger partial charge on any atom is -0.337 e. The first-order valence-electron chi connectivity index (χ1n) is 6.09. The summed E-state index contributed by atoms with van der Waals surface area (Å²) in [4.78, 5) is 8.27. The lowest BCUT2D eigenvalue weighted by molar-refractivity contribution is 0.630. The highest BCUT2D eigenvalue weighted by atomic mass is 35.5. The molecule has 0 bridgehead atoms. The van der Waals surface area contributed by atoms with Crippen LogP contribution in [-0.4, -0.2) is 9.97 Å². The lowest BCUT2D eigenvalue weighted by Crippen LogP contribution is -1.99. The summed E-state index contributed by atoms with van der Waals surface area (Å²) in [5.41, 5.74) is 1.93. The maximum atomic E-state index is 13.9. The maximum Gasteiger partial charge on any atom is 0.224 e. The number of anilines is 2. The highest BCUT2D eigenvalue weighted by Crippen LogP contribution is 2.26. The van der Waals surface area contributed by atoms with Gasteiger partial charge in [-0.2, -0.15) is 4.98 Å². The van der Waals surface area contributed by atoms with Gasteiger partial charge in [-0.15, -0.1) is 0 Å². The Morgan fingerprint density at radius 3 is 2.70 bits per heavy atom. The van der Waals surface area contributed by atoms with Gasteiger partial charge < -0.3 is 5.32 Å². The van der Waals surface area contributed by atoms with E-state index in [1.807, 2.05) is 37.3 Å². The van der Waals surface area contributed by atoms with Gasteiger partial charge in [0.15, 0.2) is 0 Å². The highest BCUT2D eigenvalue weighted by molar-refractivity contribution is 6.28. The number of fused-ring (bicyclic) bond motifs is 1. The molecule has 0 aliphatic carbocycles. The predicted molar refractivity (Wildman–Crippen MR) is 79.0 cm³/mol. The van der Waals surface area contributed by atoms with Gasteiger partial charge in [-0.3, -0.25) is 0 Å². The Hall–Kier alpha value is -2.20. The Kier molecular flexibility index (Phi) is 3.24. The molecular formula is C15H11ClFN3. The molecule has 3 rings (SSSR count). The summed E-state index contributed by atoms with van der Waals surface area (Å²) in [6.45, 7) is 1.84. The lowest BCUT2D eigenvalue weighted by atomic mass is 10.2. The average Bonchev–Trinajstić information content (AvgIpc) is 2.41. The monoisotopic (exact) mass is 287 g/mol. The van der Waals surface area contributed by atoms with Crippen LogP contribution in [0.3, 0.4) is 0 Å². The molecule has 5 heteroatoms. The maximum absolute atomic E-state index is 13.9. The fourth-order valence-corrected chi connectivity index (χ4v) is 2.17. The Morgan fingerprint density at radius 1 is 1.10 bits per heavy atom. The molecule has 0 aliphatic rings. The van der Waals surface area contributed by atoms with E-state index < -0.39 is 0 Å². The third kappa shape index (κ3) is 2.42. The zero-order chi connectivity index (χ0) is 14.1. The molecule has 20 heavy (non-hydrogen) atoms. The SMILES string of the molecule is Cc1ccc(Nc2nc(Cl)nc3ccccc23)c(F)c1. The number of aromatic nitrogens is 2. The van der Waals surface area contributed by atoms with Gasteiger partial charge >= 0.3 is 0 Å². The van der Waals surface area contributed by atoms with Crippen molar-refractivity contribution in [3.63, 3.8) is 0 Å². The van der Waals surface area contributed by atoms with Gasteiger partial charge in [0.05, 0.1) is 11.2 Å². The first-order valence-corrected chi connectivity index (χ1v) is 6.47. The van der Waals surface area contributed by atoms with Crippen molar-refractivity contribution in [2.75, 3.05) is 5.32 Å². The topological polar surface area (TPSA) is 37.8 Å². The van der Waals surface area contributed by atoms with Crippen LogP contribution in [0.25, 0.3) is 10.9 Å². The number of para-hydroxylation sites is 1. The number of hydrogen-bond donors (Lipinski definition) is 1. The van der Waals surface area contributed by atoms with Crippen molar-refractivity contribution >= 4 is 34.0 Å². The Balaban J connectivity index is 2.10. The second kappa shape index (κ2) is 5.06. The minimum absolute atomic E-state index is 0.124. The van der Waals surface area contributed by atoms with E-state index in [4.69, 9.17) is 11.6 Å². The van der Waals surface area contributed by atoms with E-state index in [2.05, 4.69) is 15.3 Å². The van der Waals surface area contributed by atoms with Crippen LogP contribution >= 0.6 is 11.6 Å². The van der Waals surface area contributed by atoms with Crippen LogP contribution in [0.5, 0.6) is 0 Å². The largest absolute Gasteiger partial charge is 0.337 e. The quantitative estimate of drug-likeness (QED) is 0.707. The fraction of sp³-hybridized carbons (Fsp3) is 0.0667. The molecule has 0 spiro atoms. The molecule has 1 aromatic heterocycles. The van der Waals surface area contributed by atoms with E-state index in [9.17, 15) is 4.39 Å². The molecule has 0 amide bonds. The lowest BCUT2D eigenvalue weighted by Gasteiger charge is -2.10. The molecule has 0 unspecified atom stereocenters. The van der Waals surface area contributed by atoms with Crippen LogP contribution in [0.4, 0.5) is 15.9 Å². The number of rotatable bonds is 2. The van der Waals surface area contributed by atoms with E-state index in [1.165, 1.54) is 6.07 Å². The van der Waals surface area contributed by atoms with Crippen LogP contribution < -0.4 is 5.32 Å². The molecule has 2 aromatic carbocycles. The Morgan fingerprint density at radius 2 is 1.90 bits per heavy atom. The highest BCUT2D eigenvalue weighted by Gasteiger charge is 2.09. The van der Waals surface area contributed by atoms with E-state index in [1.54, 1.807) is 6.07 Å². The molecule has 0 radical (unpaired) electrons. The molecular weight excluding hydrogens is 277 g/mol. The number of halogens is 2. The second-order valence-corrected chi connectivity index (χ2v) is 4.80. The predicted octanol–water partition coefficient (Wildman–Crippen LogP) is 4.47. The standard InChI is InChI=1S/C15H11ClFN3/c1-9-6-7-13(11(17)8-9)18-14-10-4-2-3-5-12(10)19-15(16)20-14/h2-8H,1H3,(H,18,19,20). The van der Waals surface area contributed by atoms with Crippen molar-refractivity contribution in [3.8, 4) is 0 Å². The van der Waals surface area contributed by atoms with Crippen molar-refractivity contribution in [2.45, 2.75) is 6.92 Å². The molecule has 1 N–H and O–H groups in total. The molecule has 0 saturated heterocycles. The van der Waals surface area contributed by atoms with Crippen molar-refractivity contribution in [1.29, 1.82) is 0 Å². The molecule has 0 saturated carbocycles. The first kappa shape index (κ1) is 12.8. The number of nitrogens with one attached hydrogen (secondary N) is 1. The number of nitrogens with zero attached hydrogens (tertiary/aromatic N) is 2. The molecule has 3 aromatic rings. The van der Waals surface area contributed by atoms with Crippen LogP contribution in [-0.2, 0) is 0 Å². The van der Waals surface area contributed by atoms with Crippen LogP contribution in [0.15, 0.2) is 42.5 Å². The zero-order valence-corrected chi connectivity index (χ0v) is 11.4. The minimum atomic E-state index is -0.330. The zero-order valence-electron chi connectivity index (χ0n) is 10.7. The smallest absolute Gasteiger partial charge is 0.224 e. The number of aryl methyl sites for hydroxylation is 1. The van der Waals surface area contributed by atoms with Gasteiger partial charge in [0, 0.05) is 5.39 Å². The summed E-state index contributed by atoms with van der Waals surface area (Å²) < 4.78 is 13.9. The number of benzene rings is 2. The van der Waals surface area contributed by atoms with Crippen LogP contribution in [0, 0.1) is 12.7 Å². The Bertz CT molecular complexity index is 789. The third-order valence-corrected chi connectivity index (χ3v) is 3.12. The second-order valence-electron chi connectivity index (χ2n) is 4.47. The first-order chi connectivity index (χ1) is 9.63. The van der Waals surface area contributed by atoms with Gasteiger partial charge in [-0.25, -0.2) is 9.37 Å². The molecule has 3 nitrogen and oxygen atoms in total. The number of hydrogen-bond acceptors (Lipinski definition) is 3. The van der Waals surface area contributed by atoms with Crippen molar-refractivity contribution in [2.24, 2.45) is 0 Å². The van der Waals surface area contributed by atoms with Crippen LogP contribution in [0.1, 0.15) is 5.56 Å². The van der Waals surface area contributed by atoms with Gasteiger partial charge in [0.2, 0.25) is 5.28 Å². The summed E-state index contributed by atoms with van der Waals surface area (Å²) in [6.07, 6.45) is 0. The summed E-state index contributed by atoms with van der Waals surface area (Å²) in [6, 6.07) is 12.4. The van der Waals surface area contributed by atoms with Crippen LogP contribution in [0.2, 0.25) is 5.28 Å². The Labute approximate surface area is 120 Å². The summed E-state index contributed by atoms with van der Waals surface area (Å²) >= 11 is 5.90. The molecule has 0 atom stereocenters. The molecule has 100 valence electrons. The van der Waals surface area contributed by atoms with E-state index >= 15 is 0 Å². The summed E-state index contributed by atoms with van der Waals surface area (Å²) in [5.74, 6) is 0.159. The van der Waals surface area contributed by atoms with Gasteiger partial charge in [-0.1, -0.05) is 18.2 Å². The molecule has 1 heterocycles. The average molecular weight is 288 g/mol. The molecule has 0 aliphatic heterocycles. The van der Waals surface area contributed by atoms with Crippen molar-refractivity contribution < 1.29 is 4.39 Å². The van der Waals surface area contributed by atoms with Crippen molar-refractivity contribution in [3.05, 3.63) is 59.1 Å². The van der Waals surface area contributed by atoms with Gasteiger partial charge in [0.1, 0.15) is 11.6 Å². The summed E-state index contributed by atoms with van der Waals surface area (Å²) in [7, 11) is 0. The van der Waals surface area contributed by atoms with Gasteiger partial charge in [0.25, 0.3) is 0 Å². The fourth-order valence-electron chi connectivity index (χ4n) is 1.99. The van der Waals surface area contributed by atoms with Crippen molar-refractivity contribution in [1.82, 2.24) is 9.97 Å². The molecule has 0 fully saturated rings. The van der Waals surface area contributed by atoms with E-state index in [0.717, 1.165) is 10.9 Å². The van der Waals surface area contributed by atoms with E-state index in [-0.39, 0.29) is 11.1 Å².